The Hall–Kier alpha value is -1.13. The van der Waals surface area contributed by atoms with Gasteiger partial charge >= 0.3 is 6.18 Å². The molecule has 0 amide bonds. The van der Waals surface area contributed by atoms with E-state index < -0.39 is 11.7 Å². The fraction of sp³-hybridized carbons (Fsp3) is 0.600. The van der Waals surface area contributed by atoms with E-state index in [-0.39, 0.29) is 0 Å². The first-order valence-electron chi connectivity index (χ1n) is 4.81. The molecule has 0 fully saturated rings. The molecule has 1 aromatic rings. The Balaban J connectivity index is 2.73. The first-order valence-corrected chi connectivity index (χ1v) is 4.81. The summed E-state index contributed by atoms with van der Waals surface area (Å²) in [6, 6.07) is 0. The third-order valence-corrected chi connectivity index (χ3v) is 2.26. The third kappa shape index (κ3) is 3.49. The molecule has 0 radical (unpaired) electrons. The minimum Gasteiger partial charge on any atom is -0.241 e. The molecule has 0 aliphatic heterocycles. The molecular formula is C10H13F3N2. The summed E-state index contributed by atoms with van der Waals surface area (Å²) in [5, 5.41) is 0. The van der Waals surface area contributed by atoms with Crippen molar-refractivity contribution in [2.45, 2.75) is 32.9 Å². The molecule has 15 heavy (non-hydrogen) atoms. The highest BCUT2D eigenvalue weighted by atomic mass is 19.4. The van der Waals surface area contributed by atoms with Crippen molar-refractivity contribution in [3.8, 4) is 0 Å². The van der Waals surface area contributed by atoms with E-state index >= 15 is 0 Å². The van der Waals surface area contributed by atoms with Crippen molar-refractivity contribution in [3.63, 3.8) is 0 Å². The lowest BCUT2D eigenvalue weighted by Crippen LogP contribution is -2.09. The van der Waals surface area contributed by atoms with Crippen LogP contribution in [-0.2, 0) is 12.6 Å². The zero-order chi connectivity index (χ0) is 11.5. The standard InChI is InChI=1S/C10H13F3N2/c1-3-7(2)4-9-14-5-8(6-15-9)10(11,12)13/h5-7H,3-4H2,1-2H3. The molecule has 0 aliphatic rings. The molecule has 0 saturated carbocycles. The Morgan fingerprint density at radius 3 is 2.20 bits per heavy atom. The number of rotatable bonds is 3. The van der Waals surface area contributed by atoms with Gasteiger partial charge in [0.2, 0.25) is 0 Å². The molecule has 5 heteroatoms. The molecule has 0 saturated heterocycles. The van der Waals surface area contributed by atoms with Gasteiger partial charge in [-0.25, -0.2) is 9.97 Å². The summed E-state index contributed by atoms with van der Waals surface area (Å²) in [6.45, 7) is 4.04. The maximum absolute atomic E-state index is 12.2. The van der Waals surface area contributed by atoms with Gasteiger partial charge in [0.25, 0.3) is 0 Å². The van der Waals surface area contributed by atoms with Crippen LogP contribution in [0.15, 0.2) is 12.4 Å². The number of halogens is 3. The fourth-order valence-electron chi connectivity index (χ4n) is 1.06. The first-order chi connectivity index (χ1) is 6.93. The van der Waals surface area contributed by atoms with Gasteiger partial charge in [0.1, 0.15) is 5.82 Å². The number of nitrogens with zero attached hydrogens (tertiary/aromatic N) is 2. The SMILES string of the molecule is CCC(C)Cc1ncc(C(F)(F)F)cn1. The molecule has 0 aromatic carbocycles. The van der Waals surface area contributed by atoms with Crippen LogP contribution in [0.4, 0.5) is 13.2 Å². The molecule has 84 valence electrons. The fourth-order valence-corrected chi connectivity index (χ4v) is 1.06. The summed E-state index contributed by atoms with van der Waals surface area (Å²) in [5.41, 5.74) is -0.796. The molecule has 1 unspecified atom stereocenters. The molecule has 0 aliphatic carbocycles. The summed E-state index contributed by atoms with van der Waals surface area (Å²) < 4.78 is 36.5. The lowest BCUT2D eigenvalue weighted by Gasteiger charge is -2.08. The van der Waals surface area contributed by atoms with Gasteiger partial charge in [-0.05, 0) is 5.92 Å². The second kappa shape index (κ2) is 4.59. The number of hydrogen-bond donors (Lipinski definition) is 0. The van der Waals surface area contributed by atoms with Gasteiger partial charge in [-0.1, -0.05) is 20.3 Å². The van der Waals surface area contributed by atoms with Crippen molar-refractivity contribution < 1.29 is 13.2 Å². The number of alkyl halides is 3. The van der Waals surface area contributed by atoms with E-state index in [1.807, 2.05) is 13.8 Å². The van der Waals surface area contributed by atoms with Crippen LogP contribution in [0.3, 0.4) is 0 Å². The Kier molecular flexibility index (Phi) is 3.66. The van der Waals surface area contributed by atoms with E-state index in [0.717, 1.165) is 18.8 Å². The van der Waals surface area contributed by atoms with Gasteiger partial charge in [-0.15, -0.1) is 0 Å². The van der Waals surface area contributed by atoms with Crippen LogP contribution in [0, 0.1) is 5.92 Å². The summed E-state index contributed by atoms with van der Waals surface area (Å²) in [5.74, 6) is 0.860. The van der Waals surface area contributed by atoms with E-state index in [1.165, 1.54) is 0 Å². The molecular weight excluding hydrogens is 205 g/mol. The van der Waals surface area contributed by atoms with Crippen molar-refractivity contribution in [1.82, 2.24) is 9.97 Å². The molecule has 0 bridgehead atoms. The summed E-state index contributed by atoms with van der Waals surface area (Å²) in [4.78, 5) is 7.40. The summed E-state index contributed by atoms with van der Waals surface area (Å²) in [7, 11) is 0. The molecule has 2 nitrogen and oxygen atoms in total. The van der Waals surface area contributed by atoms with Crippen molar-refractivity contribution in [3.05, 3.63) is 23.8 Å². The lowest BCUT2D eigenvalue weighted by atomic mass is 10.1. The van der Waals surface area contributed by atoms with Crippen LogP contribution >= 0.6 is 0 Å². The van der Waals surface area contributed by atoms with Crippen LogP contribution in [-0.4, -0.2) is 9.97 Å². The predicted molar refractivity (Wildman–Crippen MR) is 50.2 cm³/mol. The minimum atomic E-state index is -4.35. The smallest absolute Gasteiger partial charge is 0.241 e. The Morgan fingerprint density at radius 1 is 1.27 bits per heavy atom. The topological polar surface area (TPSA) is 25.8 Å². The molecule has 0 N–H and O–H groups in total. The van der Waals surface area contributed by atoms with Crippen molar-refractivity contribution in [2.75, 3.05) is 0 Å². The molecule has 1 rings (SSSR count). The zero-order valence-electron chi connectivity index (χ0n) is 8.67. The van der Waals surface area contributed by atoms with Crippen molar-refractivity contribution in [2.24, 2.45) is 5.92 Å². The van der Waals surface area contributed by atoms with E-state index in [1.54, 1.807) is 0 Å². The van der Waals surface area contributed by atoms with Gasteiger partial charge < -0.3 is 0 Å². The zero-order valence-corrected chi connectivity index (χ0v) is 8.67. The highest BCUT2D eigenvalue weighted by Gasteiger charge is 2.31. The van der Waals surface area contributed by atoms with Gasteiger partial charge in [0.15, 0.2) is 0 Å². The van der Waals surface area contributed by atoms with Crippen LogP contribution in [0.1, 0.15) is 31.7 Å². The highest BCUT2D eigenvalue weighted by Crippen LogP contribution is 2.27. The van der Waals surface area contributed by atoms with Crippen LogP contribution in [0.5, 0.6) is 0 Å². The van der Waals surface area contributed by atoms with Crippen LogP contribution < -0.4 is 0 Å². The molecule has 0 spiro atoms. The molecule has 1 heterocycles. The van der Waals surface area contributed by atoms with Crippen molar-refractivity contribution in [1.29, 1.82) is 0 Å². The quantitative estimate of drug-likeness (QED) is 0.779. The number of hydrogen-bond acceptors (Lipinski definition) is 2. The van der Waals surface area contributed by atoms with Gasteiger partial charge in [0, 0.05) is 18.8 Å². The van der Waals surface area contributed by atoms with Gasteiger partial charge in [0.05, 0.1) is 5.56 Å². The summed E-state index contributed by atoms with van der Waals surface area (Å²) >= 11 is 0. The minimum absolute atomic E-state index is 0.390. The van der Waals surface area contributed by atoms with Crippen LogP contribution in [0.25, 0.3) is 0 Å². The predicted octanol–water partition coefficient (Wildman–Crippen LogP) is 3.08. The van der Waals surface area contributed by atoms with E-state index in [2.05, 4.69) is 9.97 Å². The first kappa shape index (κ1) is 11.9. The van der Waals surface area contributed by atoms with Crippen LogP contribution in [0.2, 0.25) is 0 Å². The second-order valence-corrected chi connectivity index (χ2v) is 3.60. The Labute approximate surface area is 86.6 Å². The van der Waals surface area contributed by atoms with Gasteiger partial charge in [-0.3, -0.25) is 0 Å². The Morgan fingerprint density at radius 2 is 1.80 bits per heavy atom. The maximum Gasteiger partial charge on any atom is 0.419 e. The number of aromatic nitrogens is 2. The maximum atomic E-state index is 12.2. The van der Waals surface area contributed by atoms with E-state index in [4.69, 9.17) is 0 Å². The Bertz CT molecular complexity index is 305. The monoisotopic (exact) mass is 218 g/mol. The van der Waals surface area contributed by atoms with E-state index in [9.17, 15) is 13.2 Å². The largest absolute Gasteiger partial charge is 0.419 e. The third-order valence-electron chi connectivity index (χ3n) is 2.26. The second-order valence-electron chi connectivity index (χ2n) is 3.60. The average Bonchev–Trinajstić information content (AvgIpc) is 2.17. The van der Waals surface area contributed by atoms with Crippen molar-refractivity contribution >= 4 is 0 Å². The lowest BCUT2D eigenvalue weighted by molar-refractivity contribution is -0.138. The van der Waals surface area contributed by atoms with E-state index in [0.29, 0.717) is 18.2 Å². The molecule has 1 atom stereocenters. The normalized spacial score (nSPS) is 13.9. The van der Waals surface area contributed by atoms with Gasteiger partial charge in [-0.2, -0.15) is 13.2 Å². The molecule has 1 aromatic heterocycles. The average molecular weight is 218 g/mol. The summed E-state index contributed by atoms with van der Waals surface area (Å²) in [6.07, 6.45) is -1.09. The highest BCUT2D eigenvalue weighted by molar-refractivity contribution is 5.09.